The van der Waals surface area contributed by atoms with E-state index in [9.17, 15) is 0 Å². The molecule has 0 saturated heterocycles. The van der Waals surface area contributed by atoms with E-state index in [-0.39, 0.29) is 5.41 Å². The lowest BCUT2D eigenvalue weighted by atomic mass is 9.86. The van der Waals surface area contributed by atoms with Gasteiger partial charge in [-0.2, -0.15) is 0 Å². The molecule has 2 heterocycles. The lowest BCUT2D eigenvalue weighted by molar-refractivity contribution is 0.595. The zero-order chi connectivity index (χ0) is 17.8. The van der Waals surface area contributed by atoms with Crippen molar-refractivity contribution in [1.29, 1.82) is 0 Å². The number of H-pyrrole nitrogens is 2. The molecule has 0 aliphatic carbocycles. The van der Waals surface area contributed by atoms with Gasteiger partial charge in [0.15, 0.2) is 0 Å². The average molecular weight is 330 g/mol. The minimum absolute atomic E-state index is 0.122. The van der Waals surface area contributed by atoms with E-state index in [1.807, 2.05) is 0 Å². The molecule has 2 N–H and O–H groups in total. The second-order valence-electron chi connectivity index (χ2n) is 8.38. The van der Waals surface area contributed by atoms with Gasteiger partial charge in [0.25, 0.3) is 0 Å². The topological polar surface area (TPSA) is 31.6 Å². The Bertz CT molecular complexity index is 1050. The van der Waals surface area contributed by atoms with E-state index in [1.165, 1.54) is 44.3 Å². The fourth-order valence-corrected chi connectivity index (χ4v) is 3.56. The maximum absolute atomic E-state index is 3.67. The van der Waals surface area contributed by atoms with Gasteiger partial charge in [0.2, 0.25) is 0 Å². The summed E-state index contributed by atoms with van der Waals surface area (Å²) < 4.78 is 0. The molecule has 0 spiro atoms. The third-order valence-electron chi connectivity index (χ3n) is 5.04. The zero-order valence-corrected chi connectivity index (χ0v) is 15.7. The van der Waals surface area contributed by atoms with Crippen LogP contribution < -0.4 is 0 Å². The Morgan fingerprint density at radius 3 is 2.36 bits per heavy atom. The van der Waals surface area contributed by atoms with Crippen molar-refractivity contribution in [3.63, 3.8) is 0 Å². The molecule has 0 saturated carbocycles. The van der Waals surface area contributed by atoms with Gasteiger partial charge in [-0.3, -0.25) is 0 Å². The number of hydrogen-bond acceptors (Lipinski definition) is 0. The summed E-state index contributed by atoms with van der Waals surface area (Å²) >= 11 is 0. The van der Waals surface area contributed by atoms with Gasteiger partial charge in [-0.25, -0.2) is 0 Å². The van der Waals surface area contributed by atoms with Crippen molar-refractivity contribution in [3.05, 3.63) is 59.8 Å². The highest BCUT2D eigenvalue weighted by Gasteiger charge is 2.18. The van der Waals surface area contributed by atoms with Crippen LogP contribution in [0.15, 0.2) is 48.5 Å². The number of para-hydroxylation sites is 1. The first-order valence-electron chi connectivity index (χ1n) is 9.08. The summed E-state index contributed by atoms with van der Waals surface area (Å²) in [6.07, 6.45) is 0. The molecule has 0 aliphatic rings. The predicted molar refractivity (Wildman–Crippen MR) is 108 cm³/mol. The van der Waals surface area contributed by atoms with E-state index in [4.69, 9.17) is 0 Å². The maximum atomic E-state index is 3.67. The monoisotopic (exact) mass is 330 g/mol. The van der Waals surface area contributed by atoms with Crippen LogP contribution in [0.5, 0.6) is 0 Å². The van der Waals surface area contributed by atoms with Crippen molar-refractivity contribution in [2.45, 2.75) is 46.0 Å². The number of hydrogen-bond donors (Lipinski definition) is 2. The highest BCUT2D eigenvalue weighted by molar-refractivity contribution is 5.91. The van der Waals surface area contributed by atoms with Crippen molar-refractivity contribution in [2.24, 2.45) is 0 Å². The summed E-state index contributed by atoms with van der Waals surface area (Å²) in [6.45, 7) is 11.2. The number of benzene rings is 2. The van der Waals surface area contributed by atoms with Crippen LogP contribution in [-0.2, 0) is 5.41 Å². The average Bonchev–Trinajstić information content (AvgIpc) is 3.16. The van der Waals surface area contributed by atoms with E-state index in [0.717, 1.165) is 0 Å². The molecule has 0 bridgehead atoms. The molecule has 2 nitrogen and oxygen atoms in total. The second kappa shape index (κ2) is 5.52. The summed E-state index contributed by atoms with van der Waals surface area (Å²) in [5, 5.41) is 2.55. The van der Waals surface area contributed by atoms with Crippen LogP contribution in [0.25, 0.3) is 33.1 Å². The Kier molecular flexibility index (Phi) is 3.54. The summed E-state index contributed by atoms with van der Waals surface area (Å²) in [5.74, 6) is 0.512. The molecule has 25 heavy (non-hydrogen) atoms. The molecule has 4 rings (SSSR count). The predicted octanol–water partition coefficient (Wildman–Crippen LogP) is 6.74. The number of nitrogens with one attached hydrogen (secondary N) is 2. The van der Waals surface area contributed by atoms with Crippen LogP contribution in [0.4, 0.5) is 0 Å². The van der Waals surface area contributed by atoms with E-state index in [1.54, 1.807) is 0 Å². The number of aromatic nitrogens is 2. The van der Waals surface area contributed by atoms with E-state index in [2.05, 4.69) is 93.1 Å². The van der Waals surface area contributed by atoms with Crippen molar-refractivity contribution >= 4 is 21.8 Å². The van der Waals surface area contributed by atoms with Crippen molar-refractivity contribution in [1.82, 2.24) is 9.97 Å². The van der Waals surface area contributed by atoms with Gasteiger partial charge in [-0.05, 0) is 40.5 Å². The fourth-order valence-electron chi connectivity index (χ4n) is 3.56. The van der Waals surface area contributed by atoms with Crippen molar-refractivity contribution in [3.8, 4) is 11.3 Å². The lowest BCUT2D eigenvalue weighted by Gasteiger charge is -2.19. The van der Waals surface area contributed by atoms with Crippen LogP contribution in [0, 0.1) is 0 Å². The first kappa shape index (κ1) is 16.0. The van der Waals surface area contributed by atoms with Crippen LogP contribution >= 0.6 is 0 Å². The molecule has 2 heteroatoms. The molecule has 0 atom stereocenters. The molecule has 4 aromatic rings. The SMILES string of the molecule is CC(C)c1cc2ccc(-c3cc4cccc(C(C)(C)C)c4[nH]3)cc2[nH]1. The minimum Gasteiger partial charge on any atom is -0.358 e. The highest BCUT2D eigenvalue weighted by atomic mass is 14.7. The molecule has 0 amide bonds. The Balaban J connectivity index is 1.85. The van der Waals surface area contributed by atoms with Gasteiger partial charge in [-0.1, -0.05) is 65.0 Å². The van der Waals surface area contributed by atoms with E-state index >= 15 is 0 Å². The Morgan fingerprint density at radius 1 is 0.840 bits per heavy atom. The molecular formula is C23H26N2. The van der Waals surface area contributed by atoms with Gasteiger partial charge in [-0.15, -0.1) is 0 Å². The van der Waals surface area contributed by atoms with Gasteiger partial charge < -0.3 is 9.97 Å². The summed E-state index contributed by atoms with van der Waals surface area (Å²) in [6, 6.07) is 17.8. The molecule has 0 aliphatic heterocycles. The molecule has 128 valence electrons. The quantitative estimate of drug-likeness (QED) is 0.408. The second-order valence-corrected chi connectivity index (χ2v) is 8.38. The molecule has 0 fully saturated rings. The van der Waals surface area contributed by atoms with Gasteiger partial charge in [0, 0.05) is 33.4 Å². The van der Waals surface area contributed by atoms with E-state index in [0.29, 0.717) is 5.92 Å². The number of rotatable bonds is 2. The summed E-state index contributed by atoms with van der Waals surface area (Å²) in [4.78, 5) is 7.23. The molecule has 2 aromatic carbocycles. The highest BCUT2D eigenvalue weighted by Crippen LogP contribution is 2.33. The van der Waals surface area contributed by atoms with Crippen LogP contribution in [-0.4, -0.2) is 9.97 Å². The smallest absolute Gasteiger partial charge is 0.0496 e. The largest absolute Gasteiger partial charge is 0.358 e. The minimum atomic E-state index is 0.122. The first-order chi connectivity index (χ1) is 11.8. The van der Waals surface area contributed by atoms with Crippen LogP contribution in [0.2, 0.25) is 0 Å². The third kappa shape index (κ3) is 2.76. The van der Waals surface area contributed by atoms with Crippen molar-refractivity contribution in [2.75, 3.05) is 0 Å². The Morgan fingerprint density at radius 2 is 1.64 bits per heavy atom. The summed E-state index contributed by atoms with van der Waals surface area (Å²) in [7, 11) is 0. The Hall–Kier alpha value is -2.48. The van der Waals surface area contributed by atoms with Gasteiger partial charge in [0.1, 0.15) is 0 Å². The van der Waals surface area contributed by atoms with Gasteiger partial charge in [0.05, 0.1) is 0 Å². The third-order valence-corrected chi connectivity index (χ3v) is 5.04. The standard InChI is InChI=1S/C23H26N2/c1-14(2)19-11-15-9-10-16(12-20(15)24-19)21-13-17-7-6-8-18(22(17)25-21)23(3,4)5/h6-14,24-25H,1-5H3. The van der Waals surface area contributed by atoms with Gasteiger partial charge >= 0.3 is 0 Å². The van der Waals surface area contributed by atoms with Crippen molar-refractivity contribution < 1.29 is 0 Å². The molecule has 0 unspecified atom stereocenters. The zero-order valence-electron chi connectivity index (χ0n) is 15.7. The summed E-state index contributed by atoms with van der Waals surface area (Å²) in [5.41, 5.74) is 7.63. The normalized spacial score (nSPS) is 12.6. The van der Waals surface area contributed by atoms with E-state index < -0.39 is 0 Å². The first-order valence-corrected chi connectivity index (χ1v) is 9.08. The maximum Gasteiger partial charge on any atom is 0.0496 e. The van der Waals surface area contributed by atoms with Crippen LogP contribution in [0.1, 0.15) is 51.8 Å². The lowest BCUT2D eigenvalue weighted by Crippen LogP contribution is -2.11. The number of fused-ring (bicyclic) bond motifs is 2. The fraction of sp³-hybridized carbons (Fsp3) is 0.304. The molecule has 0 radical (unpaired) electrons. The Labute approximate surface area is 149 Å². The van der Waals surface area contributed by atoms with Crippen LogP contribution in [0.3, 0.4) is 0 Å². The number of aromatic amines is 2. The molecule has 2 aromatic heterocycles. The molecular weight excluding hydrogens is 304 g/mol.